The predicted molar refractivity (Wildman–Crippen MR) is 113 cm³/mol. The number of likely N-dealkylation sites (tertiary alicyclic amines) is 1. The summed E-state index contributed by atoms with van der Waals surface area (Å²) in [6.07, 6.45) is 5.23. The third-order valence-corrected chi connectivity index (χ3v) is 6.16. The highest BCUT2D eigenvalue weighted by Gasteiger charge is 2.32. The number of nitrogens with zero attached hydrogens (tertiary/aromatic N) is 6. The van der Waals surface area contributed by atoms with Gasteiger partial charge < -0.3 is 19.9 Å². The second-order valence-electron chi connectivity index (χ2n) is 8.18. The lowest BCUT2D eigenvalue weighted by atomic mass is 10.1. The molecular formula is C20H28N8O. The lowest BCUT2D eigenvalue weighted by Crippen LogP contribution is -2.52. The van der Waals surface area contributed by atoms with Crippen LogP contribution in [0.15, 0.2) is 18.5 Å². The Hall–Kier alpha value is -2.65. The number of pyridine rings is 1. The van der Waals surface area contributed by atoms with Crippen molar-refractivity contribution in [2.24, 2.45) is 5.92 Å². The third kappa shape index (κ3) is 3.24. The maximum absolute atomic E-state index is 5.50. The molecular weight excluding hydrogens is 368 g/mol. The van der Waals surface area contributed by atoms with E-state index in [9.17, 15) is 0 Å². The van der Waals surface area contributed by atoms with Gasteiger partial charge in [-0.15, -0.1) is 0 Å². The average molecular weight is 396 g/mol. The first-order chi connectivity index (χ1) is 14.2. The second-order valence-corrected chi connectivity index (χ2v) is 8.18. The van der Waals surface area contributed by atoms with Gasteiger partial charge in [-0.25, -0.2) is 4.68 Å². The van der Waals surface area contributed by atoms with Gasteiger partial charge >= 0.3 is 0 Å². The molecule has 1 unspecified atom stereocenters. The van der Waals surface area contributed by atoms with E-state index in [-0.39, 0.29) is 0 Å². The molecule has 9 nitrogen and oxygen atoms in total. The van der Waals surface area contributed by atoms with E-state index >= 15 is 0 Å². The van der Waals surface area contributed by atoms with Crippen LogP contribution in [0.3, 0.4) is 0 Å². The molecule has 0 aliphatic carbocycles. The Balaban J connectivity index is 1.53. The minimum absolute atomic E-state index is 0.293. The van der Waals surface area contributed by atoms with Gasteiger partial charge in [0.15, 0.2) is 0 Å². The first kappa shape index (κ1) is 18.4. The summed E-state index contributed by atoms with van der Waals surface area (Å²) in [5.41, 5.74) is 3.62. The van der Waals surface area contributed by atoms with Crippen LogP contribution in [0.5, 0.6) is 0 Å². The molecule has 0 radical (unpaired) electrons. The minimum Gasteiger partial charge on any atom is -0.385 e. The van der Waals surface area contributed by atoms with E-state index in [1.165, 1.54) is 12.2 Å². The summed E-state index contributed by atoms with van der Waals surface area (Å²) in [7, 11) is 5.86. The van der Waals surface area contributed by atoms with Crippen LogP contribution in [0.4, 0.5) is 11.5 Å². The van der Waals surface area contributed by atoms with Crippen LogP contribution in [-0.4, -0.2) is 83.3 Å². The van der Waals surface area contributed by atoms with Gasteiger partial charge in [0, 0.05) is 46.5 Å². The van der Waals surface area contributed by atoms with Crippen molar-refractivity contribution in [2.75, 3.05) is 57.6 Å². The summed E-state index contributed by atoms with van der Waals surface area (Å²) in [4.78, 5) is 9.48. The van der Waals surface area contributed by atoms with Crippen molar-refractivity contribution in [3.8, 4) is 11.4 Å². The average Bonchev–Trinajstić information content (AvgIpc) is 3.40. The predicted octanol–water partition coefficient (Wildman–Crippen LogP) is 1.65. The van der Waals surface area contributed by atoms with Gasteiger partial charge in [-0.05, 0) is 32.0 Å². The van der Waals surface area contributed by atoms with Crippen molar-refractivity contribution in [1.82, 2.24) is 29.9 Å². The number of nitrogens with one attached hydrogen (secondary N) is 2. The topological polar surface area (TPSA) is 87.1 Å². The summed E-state index contributed by atoms with van der Waals surface area (Å²) >= 11 is 0. The molecule has 0 bridgehead atoms. The van der Waals surface area contributed by atoms with Crippen molar-refractivity contribution >= 4 is 22.4 Å². The molecule has 3 aromatic rings. The Morgan fingerprint density at radius 3 is 2.86 bits per heavy atom. The van der Waals surface area contributed by atoms with E-state index in [1.807, 2.05) is 13.2 Å². The van der Waals surface area contributed by atoms with Crippen LogP contribution < -0.4 is 10.2 Å². The molecule has 2 fully saturated rings. The number of aromatic amines is 1. The Labute approximate surface area is 170 Å². The molecule has 2 saturated heterocycles. The Bertz CT molecular complexity index is 1010. The number of rotatable bonds is 6. The van der Waals surface area contributed by atoms with Crippen LogP contribution in [0.2, 0.25) is 0 Å². The van der Waals surface area contributed by atoms with E-state index in [4.69, 9.17) is 14.8 Å². The zero-order valence-electron chi connectivity index (χ0n) is 17.2. The highest BCUT2D eigenvalue weighted by Crippen LogP contribution is 2.34. The second kappa shape index (κ2) is 7.31. The number of methoxy groups -OCH3 is 1. The monoisotopic (exact) mass is 396 g/mol. The summed E-state index contributed by atoms with van der Waals surface area (Å²) in [6.45, 7) is 5.01. The smallest absolute Gasteiger partial charge is 0.136 e. The number of ether oxygens (including phenoxy) is 1. The lowest BCUT2D eigenvalue weighted by Gasteiger charge is -2.40. The minimum atomic E-state index is 0.293. The van der Waals surface area contributed by atoms with Crippen molar-refractivity contribution in [1.29, 1.82) is 0 Å². The van der Waals surface area contributed by atoms with Crippen molar-refractivity contribution < 1.29 is 4.74 Å². The van der Waals surface area contributed by atoms with E-state index < -0.39 is 0 Å². The third-order valence-electron chi connectivity index (χ3n) is 6.16. The molecule has 1 atom stereocenters. The van der Waals surface area contributed by atoms with E-state index in [1.54, 1.807) is 13.3 Å². The first-order valence-corrected chi connectivity index (χ1v) is 10.2. The highest BCUT2D eigenvalue weighted by molar-refractivity contribution is 5.92. The molecule has 0 saturated carbocycles. The molecule has 0 amide bonds. The lowest BCUT2D eigenvalue weighted by molar-refractivity contribution is 0.0778. The fraction of sp³-hybridized carbons (Fsp3) is 0.550. The number of H-pyrrole nitrogens is 1. The summed E-state index contributed by atoms with van der Waals surface area (Å²) < 4.78 is 7.69. The zero-order valence-corrected chi connectivity index (χ0v) is 17.2. The molecule has 5 rings (SSSR count). The maximum atomic E-state index is 5.50. The van der Waals surface area contributed by atoms with Crippen LogP contribution >= 0.6 is 0 Å². The first-order valence-electron chi connectivity index (χ1n) is 10.2. The van der Waals surface area contributed by atoms with Gasteiger partial charge in [-0.1, -0.05) is 0 Å². The highest BCUT2D eigenvalue weighted by atomic mass is 16.5. The maximum Gasteiger partial charge on any atom is 0.136 e. The van der Waals surface area contributed by atoms with Crippen molar-refractivity contribution in [3.05, 3.63) is 18.5 Å². The normalized spacial score (nSPS) is 20.5. The molecule has 0 spiro atoms. The fourth-order valence-corrected chi connectivity index (χ4v) is 4.46. The Kier molecular flexibility index (Phi) is 4.63. The molecule has 2 aliphatic rings. The molecule has 29 heavy (non-hydrogen) atoms. The number of hydrogen-bond acceptors (Lipinski definition) is 7. The summed E-state index contributed by atoms with van der Waals surface area (Å²) in [5.74, 6) is 1.80. The summed E-state index contributed by atoms with van der Waals surface area (Å²) in [6, 6.07) is 2.05. The van der Waals surface area contributed by atoms with Gasteiger partial charge in [-0.3, -0.25) is 10.1 Å². The van der Waals surface area contributed by atoms with Crippen LogP contribution in [0.25, 0.3) is 22.3 Å². The van der Waals surface area contributed by atoms with Gasteiger partial charge in [-0.2, -0.15) is 10.2 Å². The number of anilines is 2. The molecule has 0 aromatic carbocycles. The van der Waals surface area contributed by atoms with E-state index in [2.05, 4.69) is 43.1 Å². The number of hydrogen-bond donors (Lipinski definition) is 2. The Morgan fingerprint density at radius 1 is 1.28 bits per heavy atom. The van der Waals surface area contributed by atoms with Gasteiger partial charge in [0.2, 0.25) is 0 Å². The quantitative estimate of drug-likeness (QED) is 0.655. The standard InChI is InChI=1S/C20H28N8O/c1-21-18-8-23-24-19(18)17-6-16-15(7-22-17)20(27-11-14(12-27)29-3)28(25-16)10-13-4-5-26(2)9-13/h6-8,13-14,21H,4-5,9-12H2,1-3H3,(H,23,24). The van der Waals surface area contributed by atoms with Gasteiger partial charge in [0.05, 0.1) is 34.6 Å². The molecule has 3 aromatic heterocycles. The molecule has 2 N–H and O–H groups in total. The summed E-state index contributed by atoms with van der Waals surface area (Å²) in [5, 5.41) is 16.4. The molecule has 5 heterocycles. The van der Waals surface area contributed by atoms with Gasteiger partial charge in [0.1, 0.15) is 11.5 Å². The van der Waals surface area contributed by atoms with Crippen LogP contribution in [0.1, 0.15) is 6.42 Å². The largest absolute Gasteiger partial charge is 0.385 e. The zero-order chi connectivity index (χ0) is 20.0. The van der Waals surface area contributed by atoms with Gasteiger partial charge in [0.25, 0.3) is 0 Å². The fourth-order valence-electron chi connectivity index (χ4n) is 4.46. The van der Waals surface area contributed by atoms with Crippen molar-refractivity contribution in [3.63, 3.8) is 0 Å². The van der Waals surface area contributed by atoms with E-state index in [0.717, 1.165) is 60.7 Å². The Morgan fingerprint density at radius 2 is 2.14 bits per heavy atom. The number of fused-ring (bicyclic) bond motifs is 1. The molecule has 2 aliphatic heterocycles. The van der Waals surface area contributed by atoms with Crippen LogP contribution in [0, 0.1) is 5.92 Å². The van der Waals surface area contributed by atoms with E-state index in [0.29, 0.717) is 12.0 Å². The molecule has 154 valence electrons. The molecule has 9 heteroatoms. The van der Waals surface area contributed by atoms with Crippen molar-refractivity contribution in [2.45, 2.75) is 19.1 Å². The number of aromatic nitrogens is 5. The van der Waals surface area contributed by atoms with Crippen LogP contribution in [-0.2, 0) is 11.3 Å². The SMILES string of the molecule is CNc1cn[nH]c1-c1cc2nn(CC3CCN(C)C3)c(N3CC(OC)C3)c2cn1.